The van der Waals surface area contributed by atoms with Crippen molar-refractivity contribution in [1.29, 1.82) is 0 Å². The van der Waals surface area contributed by atoms with E-state index in [1.807, 2.05) is 0 Å². The molecule has 1 aromatic rings. The smallest absolute Gasteiger partial charge is 0.376 e. The lowest BCUT2D eigenvalue weighted by molar-refractivity contribution is -0.141. The fourth-order valence-electron chi connectivity index (χ4n) is 0.548. The third-order valence-corrected chi connectivity index (χ3v) is 0.949. The first-order valence-corrected chi connectivity index (χ1v) is 2.90. The maximum absolute atomic E-state index is 10.4. The van der Waals surface area contributed by atoms with Gasteiger partial charge in [-0.2, -0.15) is 0 Å². The molecule has 0 radical (unpaired) electrons. The van der Waals surface area contributed by atoms with Crippen molar-refractivity contribution in [3.8, 4) is 5.75 Å². The minimum absolute atomic E-state index is 0. The van der Waals surface area contributed by atoms with Gasteiger partial charge in [0.15, 0.2) is 0 Å². The summed E-state index contributed by atoms with van der Waals surface area (Å²) >= 11 is 0. The molecule has 0 unspecified atom stereocenters. The summed E-state index contributed by atoms with van der Waals surface area (Å²) in [4.78, 5) is 23.9. The number of hydrogen-bond donors (Lipinski definition) is 0. The predicted molar refractivity (Wildman–Crippen MR) is 43.2 cm³/mol. The maximum Gasteiger partial charge on any atom is 0.376 e. The van der Waals surface area contributed by atoms with Crippen molar-refractivity contribution in [1.82, 2.24) is 4.98 Å². The summed E-state index contributed by atoms with van der Waals surface area (Å²) in [6.45, 7) is 0. The number of nitrogens with zero attached hydrogens (tertiary/aromatic N) is 1. The van der Waals surface area contributed by atoms with E-state index in [0.717, 1.165) is 0 Å². The van der Waals surface area contributed by atoms with Crippen LogP contribution in [0.25, 0.3) is 0 Å². The molecule has 0 bridgehead atoms. The monoisotopic (exact) mass is 187 g/mol. The van der Waals surface area contributed by atoms with E-state index in [0.29, 0.717) is 0 Å². The first-order valence-electron chi connectivity index (χ1n) is 2.90. The first kappa shape index (κ1) is 10.6. The zero-order chi connectivity index (χ0) is 8.10. The Kier molecular flexibility index (Phi) is 4.64. The molecule has 1 aromatic heterocycles. The summed E-state index contributed by atoms with van der Waals surface area (Å²) in [6.07, 6.45) is 2.99. The van der Waals surface area contributed by atoms with Crippen LogP contribution in [0.15, 0.2) is 24.5 Å². The van der Waals surface area contributed by atoms with Crippen molar-refractivity contribution in [3.63, 3.8) is 0 Å². The minimum Gasteiger partial charge on any atom is -0.419 e. The van der Waals surface area contributed by atoms with Crippen molar-refractivity contribution in [2.24, 2.45) is 0 Å². The van der Waals surface area contributed by atoms with Gasteiger partial charge >= 0.3 is 5.97 Å². The average molecular weight is 188 g/mol. The van der Waals surface area contributed by atoms with Gasteiger partial charge in [-0.3, -0.25) is 9.78 Å². The highest BCUT2D eigenvalue weighted by atomic mass is 35.5. The number of carbonyl (C=O) groups is 2. The summed E-state index contributed by atoms with van der Waals surface area (Å²) in [5, 5.41) is 0. The molecule has 0 aromatic carbocycles. The van der Waals surface area contributed by atoms with E-state index < -0.39 is 5.97 Å². The summed E-state index contributed by atoms with van der Waals surface area (Å²) < 4.78 is 4.49. The van der Waals surface area contributed by atoms with Crippen molar-refractivity contribution in [2.75, 3.05) is 0 Å². The molecule has 5 heteroatoms. The van der Waals surface area contributed by atoms with Gasteiger partial charge in [-0.25, -0.2) is 4.79 Å². The Morgan fingerprint density at radius 2 is 2.33 bits per heavy atom. The Labute approximate surface area is 75.0 Å². The van der Waals surface area contributed by atoms with Gasteiger partial charge in [0.2, 0.25) is 6.29 Å². The van der Waals surface area contributed by atoms with Crippen molar-refractivity contribution in [3.05, 3.63) is 24.5 Å². The lowest BCUT2D eigenvalue weighted by Crippen LogP contribution is -2.08. The molecule has 0 atom stereocenters. The second-order valence-corrected chi connectivity index (χ2v) is 1.73. The number of pyridine rings is 1. The molecule has 0 amide bonds. The molecule has 1 rings (SSSR count). The fraction of sp³-hybridized carbons (Fsp3) is 0. The topological polar surface area (TPSA) is 56.3 Å². The Morgan fingerprint density at radius 1 is 1.58 bits per heavy atom. The number of halogens is 1. The lowest BCUT2D eigenvalue weighted by atomic mass is 10.5. The third-order valence-electron chi connectivity index (χ3n) is 0.949. The van der Waals surface area contributed by atoms with Crippen LogP contribution in [-0.2, 0) is 9.59 Å². The van der Waals surface area contributed by atoms with Gasteiger partial charge in [0.1, 0.15) is 5.75 Å². The number of ether oxygens (including phenoxy) is 1. The summed E-state index contributed by atoms with van der Waals surface area (Å²) in [7, 11) is 0. The molecule has 0 spiro atoms. The standard InChI is InChI=1S/C7H5NO3.ClH/c9-5-7(10)11-6-2-1-3-8-4-6;/h1-5H;1H. The highest BCUT2D eigenvalue weighted by Crippen LogP contribution is 2.04. The molecule has 0 aliphatic carbocycles. The zero-order valence-corrected chi connectivity index (χ0v) is 6.78. The van der Waals surface area contributed by atoms with Crippen LogP contribution in [-0.4, -0.2) is 17.2 Å². The second kappa shape index (κ2) is 5.26. The SMILES string of the molecule is Cl.O=CC(=O)Oc1cccnc1. The van der Waals surface area contributed by atoms with Gasteiger partial charge < -0.3 is 4.74 Å². The minimum atomic E-state index is -0.919. The molecule has 0 aliphatic rings. The molecule has 0 N–H and O–H groups in total. The summed E-state index contributed by atoms with van der Waals surface area (Å²) in [5.41, 5.74) is 0. The van der Waals surface area contributed by atoms with E-state index in [1.165, 1.54) is 18.5 Å². The Bertz CT molecular complexity index is 263. The van der Waals surface area contributed by atoms with Crippen LogP contribution in [0.3, 0.4) is 0 Å². The Balaban J connectivity index is 0.00000121. The highest BCUT2D eigenvalue weighted by molar-refractivity contribution is 6.21. The lowest BCUT2D eigenvalue weighted by Gasteiger charge is -1.95. The van der Waals surface area contributed by atoms with Crippen LogP contribution >= 0.6 is 12.4 Å². The van der Waals surface area contributed by atoms with Crippen LogP contribution in [0.5, 0.6) is 5.75 Å². The first-order chi connectivity index (χ1) is 5.33. The molecule has 1 heterocycles. The number of rotatable bonds is 2. The number of esters is 1. The molecule has 0 saturated heterocycles. The summed E-state index contributed by atoms with van der Waals surface area (Å²) in [6, 6.07) is 3.14. The molecular weight excluding hydrogens is 182 g/mol. The Hall–Kier alpha value is -1.42. The van der Waals surface area contributed by atoms with Gasteiger partial charge in [0.25, 0.3) is 0 Å². The average Bonchev–Trinajstić information content (AvgIpc) is 2.06. The van der Waals surface area contributed by atoms with Gasteiger partial charge in [0.05, 0.1) is 6.20 Å². The van der Waals surface area contributed by atoms with E-state index >= 15 is 0 Å². The van der Waals surface area contributed by atoms with Gasteiger partial charge in [-0.1, -0.05) is 0 Å². The van der Waals surface area contributed by atoms with Crippen molar-refractivity contribution < 1.29 is 14.3 Å². The summed E-state index contributed by atoms with van der Waals surface area (Å²) in [5.74, 6) is -0.650. The largest absolute Gasteiger partial charge is 0.419 e. The molecule has 0 aliphatic heterocycles. The van der Waals surface area contributed by atoms with Gasteiger partial charge in [-0.05, 0) is 12.1 Å². The van der Waals surface area contributed by atoms with Gasteiger partial charge in [-0.15, -0.1) is 12.4 Å². The predicted octanol–water partition coefficient (Wildman–Crippen LogP) is 0.608. The van der Waals surface area contributed by atoms with E-state index in [9.17, 15) is 9.59 Å². The molecule has 0 fully saturated rings. The third kappa shape index (κ3) is 3.12. The molecule has 12 heavy (non-hydrogen) atoms. The van der Waals surface area contributed by atoms with Crippen molar-refractivity contribution in [2.45, 2.75) is 0 Å². The number of aromatic nitrogens is 1. The number of carbonyl (C=O) groups excluding carboxylic acids is 2. The van der Waals surface area contributed by atoms with Crippen LogP contribution in [0.1, 0.15) is 0 Å². The fourth-order valence-corrected chi connectivity index (χ4v) is 0.548. The van der Waals surface area contributed by atoms with E-state index in [4.69, 9.17) is 0 Å². The normalized spacial score (nSPS) is 8.00. The van der Waals surface area contributed by atoms with E-state index in [-0.39, 0.29) is 24.4 Å². The van der Waals surface area contributed by atoms with Crippen LogP contribution in [0.4, 0.5) is 0 Å². The van der Waals surface area contributed by atoms with Gasteiger partial charge in [0, 0.05) is 6.20 Å². The maximum atomic E-state index is 10.4. The quantitative estimate of drug-likeness (QED) is 0.387. The number of hydrogen-bond acceptors (Lipinski definition) is 4. The van der Waals surface area contributed by atoms with E-state index in [1.54, 1.807) is 6.07 Å². The Morgan fingerprint density at radius 3 is 2.83 bits per heavy atom. The second-order valence-electron chi connectivity index (χ2n) is 1.73. The molecular formula is C7H6ClNO3. The van der Waals surface area contributed by atoms with Crippen LogP contribution in [0, 0.1) is 0 Å². The molecule has 0 saturated carbocycles. The van der Waals surface area contributed by atoms with Crippen molar-refractivity contribution >= 4 is 24.7 Å². The van der Waals surface area contributed by atoms with E-state index in [2.05, 4.69) is 9.72 Å². The van der Waals surface area contributed by atoms with Crippen LogP contribution in [0.2, 0.25) is 0 Å². The highest BCUT2D eigenvalue weighted by Gasteiger charge is 1.99. The molecule has 64 valence electrons. The molecule has 4 nitrogen and oxygen atoms in total. The van der Waals surface area contributed by atoms with Crippen LogP contribution < -0.4 is 4.74 Å². The zero-order valence-electron chi connectivity index (χ0n) is 5.97. The number of aldehydes is 1.